The van der Waals surface area contributed by atoms with Gasteiger partial charge in [0.15, 0.2) is 0 Å². The van der Waals surface area contributed by atoms with Crippen LogP contribution in [0, 0.1) is 5.92 Å². The minimum absolute atomic E-state index is 0.0162. The molecule has 2 aliphatic heterocycles. The average molecular weight is 342 g/mol. The van der Waals surface area contributed by atoms with E-state index in [-0.39, 0.29) is 17.7 Å². The van der Waals surface area contributed by atoms with Crippen molar-refractivity contribution in [2.75, 3.05) is 26.2 Å². The maximum atomic E-state index is 12.8. The SMILES string of the molecule is O=C(c1ccc2[nH]ncc2c1)N1CCC[C@@H](C(=O)N2CCCCO2)C1. The highest BCUT2D eigenvalue weighted by Gasteiger charge is 2.32. The summed E-state index contributed by atoms with van der Waals surface area (Å²) in [5.41, 5.74) is 1.54. The van der Waals surface area contributed by atoms with Crippen molar-refractivity contribution in [3.05, 3.63) is 30.0 Å². The monoisotopic (exact) mass is 342 g/mol. The number of likely N-dealkylation sites (tertiary alicyclic amines) is 1. The van der Waals surface area contributed by atoms with Gasteiger partial charge in [-0.3, -0.25) is 19.5 Å². The van der Waals surface area contributed by atoms with Crippen LogP contribution in [0.3, 0.4) is 0 Å². The van der Waals surface area contributed by atoms with Crippen molar-refractivity contribution in [1.29, 1.82) is 0 Å². The van der Waals surface area contributed by atoms with E-state index in [0.717, 1.165) is 36.6 Å². The lowest BCUT2D eigenvalue weighted by Crippen LogP contribution is -2.47. The van der Waals surface area contributed by atoms with Gasteiger partial charge in [-0.1, -0.05) is 0 Å². The first kappa shape index (κ1) is 16.1. The maximum Gasteiger partial charge on any atom is 0.253 e. The minimum atomic E-state index is -0.173. The molecule has 0 spiro atoms. The smallest absolute Gasteiger partial charge is 0.253 e. The number of nitrogens with zero attached hydrogens (tertiary/aromatic N) is 3. The Morgan fingerprint density at radius 2 is 2.12 bits per heavy atom. The number of benzene rings is 1. The summed E-state index contributed by atoms with van der Waals surface area (Å²) < 4.78 is 0. The number of carbonyl (C=O) groups excluding carboxylic acids is 2. The Morgan fingerprint density at radius 1 is 1.20 bits per heavy atom. The Morgan fingerprint density at radius 3 is 2.96 bits per heavy atom. The Kier molecular flexibility index (Phi) is 4.40. The number of carbonyl (C=O) groups is 2. The number of hydrogen-bond donors (Lipinski definition) is 1. The highest BCUT2D eigenvalue weighted by atomic mass is 16.7. The van der Waals surface area contributed by atoms with E-state index >= 15 is 0 Å². The minimum Gasteiger partial charge on any atom is -0.338 e. The normalized spacial score (nSPS) is 21.5. The first-order valence-corrected chi connectivity index (χ1v) is 8.89. The summed E-state index contributed by atoms with van der Waals surface area (Å²) in [4.78, 5) is 32.8. The van der Waals surface area contributed by atoms with Crippen LogP contribution in [-0.4, -0.2) is 58.2 Å². The van der Waals surface area contributed by atoms with Crippen molar-refractivity contribution in [3.63, 3.8) is 0 Å². The molecule has 3 heterocycles. The van der Waals surface area contributed by atoms with Crippen molar-refractivity contribution >= 4 is 22.7 Å². The van der Waals surface area contributed by atoms with Gasteiger partial charge < -0.3 is 4.90 Å². The number of rotatable bonds is 2. The van der Waals surface area contributed by atoms with Gasteiger partial charge in [-0.05, 0) is 43.9 Å². The van der Waals surface area contributed by atoms with E-state index in [0.29, 0.717) is 31.8 Å². The highest BCUT2D eigenvalue weighted by Crippen LogP contribution is 2.23. The molecule has 0 unspecified atom stereocenters. The number of hydrogen-bond acceptors (Lipinski definition) is 4. The standard InChI is InChI=1S/C18H22N4O3/c23-17(13-5-6-16-15(10-13)11-19-20-16)21-7-3-4-14(12-21)18(24)22-8-1-2-9-25-22/h5-6,10-11,14H,1-4,7-9,12H2,(H,19,20)/t14-/m1/s1. The molecule has 4 rings (SSSR count). The predicted molar refractivity (Wildman–Crippen MR) is 91.6 cm³/mol. The molecule has 1 atom stereocenters. The van der Waals surface area contributed by atoms with Crippen molar-refractivity contribution < 1.29 is 14.4 Å². The van der Waals surface area contributed by atoms with E-state index in [2.05, 4.69) is 10.2 Å². The number of amides is 2. The Balaban J connectivity index is 1.46. The van der Waals surface area contributed by atoms with Crippen LogP contribution in [0.1, 0.15) is 36.0 Å². The van der Waals surface area contributed by atoms with Crippen LogP contribution in [0.15, 0.2) is 24.4 Å². The molecule has 2 aliphatic rings. The number of hydroxylamine groups is 2. The molecule has 2 fully saturated rings. The second-order valence-electron chi connectivity index (χ2n) is 6.74. The van der Waals surface area contributed by atoms with Crippen LogP contribution >= 0.6 is 0 Å². The quantitative estimate of drug-likeness (QED) is 0.905. The zero-order valence-electron chi connectivity index (χ0n) is 14.1. The van der Waals surface area contributed by atoms with Gasteiger partial charge in [0.1, 0.15) is 0 Å². The third-order valence-electron chi connectivity index (χ3n) is 4.99. The molecule has 7 heteroatoms. The van der Waals surface area contributed by atoms with Crippen molar-refractivity contribution in [1.82, 2.24) is 20.2 Å². The van der Waals surface area contributed by atoms with Gasteiger partial charge in [-0.2, -0.15) is 5.10 Å². The molecule has 132 valence electrons. The zero-order chi connectivity index (χ0) is 17.2. The number of fused-ring (bicyclic) bond motifs is 1. The molecule has 0 aliphatic carbocycles. The molecule has 0 radical (unpaired) electrons. The van der Waals surface area contributed by atoms with Crippen LogP contribution in [0.5, 0.6) is 0 Å². The summed E-state index contributed by atoms with van der Waals surface area (Å²) >= 11 is 0. The molecule has 25 heavy (non-hydrogen) atoms. The molecule has 1 aromatic carbocycles. The molecule has 0 bridgehead atoms. The summed E-state index contributed by atoms with van der Waals surface area (Å²) in [5.74, 6) is -0.184. The van der Waals surface area contributed by atoms with Crippen LogP contribution in [0.4, 0.5) is 0 Å². The van der Waals surface area contributed by atoms with E-state index in [1.807, 2.05) is 18.2 Å². The number of H-pyrrole nitrogens is 1. The fourth-order valence-electron chi connectivity index (χ4n) is 3.60. The topological polar surface area (TPSA) is 78.5 Å². The van der Waals surface area contributed by atoms with Crippen molar-refractivity contribution in [3.8, 4) is 0 Å². The third-order valence-corrected chi connectivity index (χ3v) is 4.99. The Bertz CT molecular complexity index is 781. The van der Waals surface area contributed by atoms with E-state index in [4.69, 9.17) is 4.84 Å². The molecule has 2 aromatic rings. The first-order chi connectivity index (χ1) is 12.2. The number of piperidine rings is 1. The summed E-state index contributed by atoms with van der Waals surface area (Å²) in [5, 5.41) is 9.29. The van der Waals surface area contributed by atoms with Gasteiger partial charge in [0, 0.05) is 30.6 Å². The second-order valence-corrected chi connectivity index (χ2v) is 6.74. The van der Waals surface area contributed by atoms with E-state index in [1.165, 1.54) is 5.06 Å². The lowest BCUT2D eigenvalue weighted by molar-refractivity contribution is -0.202. The predicted octanol–water partition coefficient (Wildman–Crippen LogP) is 1.97. The molecule has 7 nitrogen and oxygen atoms in total. The van der Waals surface area contributed by atoms with E-state index in [1.54, 1.807) is 11.1 Å². The fraction of sp³-hybridized carbons (Fsp3) is 0.500. The van der Waals surface area contributed by atoms with Crippen LogP contribution in [-0.2, 0) is 9.63 Å². The Hall–Kier alpha value is -2.41. The number of aromatic amines is 1. The lowest BCUT2D eigenvalue weighted by Gasteiger charge is -2.35. The zero-order valence-corrected chi connectivity index (χ0v) is 14.1. The average Bonchev–Trinajstić information content (AvgIpc) is 3.15. The fourth-order valence-corrected chi connectivity index (χ4v) is 3.60. The molecule has 1 aromatic heterocycles. The van der Waals surface area contributed by atoms with Crippen molar-refractivity contribution in [2.45, 2.75) is 25.7 Å². The van der Waals surface area contributed by atoms with Gasteiger partial charge >= 0.3 is 0 Å². The van der Waals surface area contributed by atoms with Gasteiger partial charge in [0.05, 0.1) is 24.2 Å². The van der Waals surface area contributed by atoms with Gasteiger partial charge in [0.25, 0.3) is 11.8 Å². The first-order valence-electron chi connectivity index (χ1n) is 8.89. The van der Waals surface area contributed by atoms with Gasteiger partial charge in [-0.25, -0.2) is 5.06 Å². The van der Waals surface area contributed by atoms with Crippen LogP contribution in [0.2, 0.25) is 0 Å². The number of nitrogens with one attached hydrogen (secondary N) is 1. The van der Waals surface area contributed by atoms with Crippen LogP contribution < -0.4 is 0 Å². The molecular formula is C18H22N4O3. The maximum absolute atomic E-state index is 12.8. The molecule has 1 N–H and O–H groups in total. The van der Waals surface area contributed by atoms with E-state index in [9.17, 15) is 9.59 Å². The lowest BCUT2D eigenvalue weighted by atomic mass is 9.96. The van der Waals surface area contributed by atoms with Gasteiger partial charge in [-0.15, -0.1) is 0 Å². The van der Waals surface area contributed by atoms with Gasteiger partial charge in [0.2, 0.25) is 0 Å². The molecular weight excluding hydrogens is 320 g/mol. The molecule has 2 amide bonds. The summed E-state index contributed by atoms with van der Waals surface area (Å²) in [6.45, 7) is 2.40. The van der Waals surface area contributed by atoms with Crippen LogP contribution in [0.25, 0.3) is 10.9 Å². The highest BCUT2D eigenvalue weighted by molar-refractivity contribution is 5.98. The summed E-state index contributed by atoms with van der Waals surface area (Å²) in [6, 6.07) is 5.52. The molecule has 0 saturated carbocycles. The third kappa shape index (κ3) is 3.24. The summed E-state index contributed by atoms with van der Waals surface area (Å²) in [7, 11) is 0. The molecule has 2 saturated heterocycles. The Labute approximate surface area is 145 Å². The second kappa shape index (κ2) is 6.84. The van der Waals surface area contributed by atoms with Crippen molar-refractivity contribution in [2.24, 2.45) is 5.92 Å². The van der Waals surface area contributed by atoms with E-state index < -0.39 is 0 Å². The largest absolute Gasteiger partial charge is 0.338 e. The number of aromatic nitrogens is 2. The summed E-state index contributed by atoms with van der Waals surface area (Å²) in [6.07, 6.45) is 5.33.